The van der Waals surface area contributed by atoms with Crippen LogP contribution in [0.2, 0.25) is 0 Å². The molecule has 0 radical (unpaired) electrons. The van der Waals surface area contributed by atoms with Gasteiger partial charge in [0.2, 0.25) is 0 Å². The smallest absolute Gasteiger partial charge is 0.373 e. The molecule has 1 N–H and O–H groups in total. The first-order valence-electron chi connectivity index (χ1n) is 5.28. The van der Waals surface area contributed by atoms with Crippen molar-refractivity contribution in [1.29, 1.82) is 0 Å². The van der Waals surface area contributed by atoms with Crippen molar-refractivity contribution >= 4 is 12.1 Å². The summed E-state index contributed by atoms with van der Waals surface area (Å²) in [6, 6.07) is 8.24. The van der Waals surface area contributed by atoms with Gasteiger partial charge in [0, 0.05) is 14.2 Å². The number of nitrogens with one attached hydrogen (secondary N) is 1. The summed E-state index contributed by atoms with van der Waals surface area (Å²) >= 11 is 0. The van der Waals surface area contributed by atoms with Crippen LogP contribution in [-0.2, 0) is 14.2 Å². The van der Waals surface area contributed by atoms with Crippen molar-refractivity contribution in [2.75, 3.05) is 20.8 Å². The number of carbonyl (C=O) groups is 2. The summed E-state index contributed by atoms with van der Waals surface area (Å²) in [7, 11) is 2.88. The van der Waals surface area contributed by atoms with E-state index in [9.17, 15) is 9.59 Å². The molecule has 98 valence electrons. The minimum absolute atomic E-state index is 0.0912. The number of esters is 1. The summed E-state index contributed by atoms with van der Waals surface area (Å²) in [4.78, 5) is 22.8. The average molecular weight is 253 g/mol. The number of benzene rings is 1. The highest BCUT2D eigenvalue weighted by molar-refractivity contribution is 5.96. The maximum Gasteiger partial charge on any atom is 0.415 e. The van der Waals surface area contributed by atoms with E-state index < -0.39 is 18.4 Å². The Kier molecular flexibility index (Phi) is 5.83. The average Bonchev–Trinajstić information content (AvgIpc) is 2.41. The molecule has 0 aliphatic carbocycles. The first-order chi connectivity index (χ1) is 8.67. The van der Waals surface area contributed by atoms with Gasteiger partial charge in [-0.05, 0) is 12.1 Å². The third-order valence-electron chi connectivity index (χ3n) is 2.13. The number of rotatable bonds is 5. The number of alkyl carbamates (subject to hydrolysis) is 1. The zero-order valence-corrected chi connectivity index (χ0v) is 10.2. The Bertz CT molecular complexity index is 389. The second-order valence-corrected chi connectivity index (χ2v) is 3.32. The molecule has 0 bridgehead atoms. The van der Waals surface area contributed by atoms with Crippen molar-refractivity contribution in [3.8, 4) is 0 Å². The molecule has 0 saturated carbocycles. The van der Waals surface area contributed by atoms with Gasteiger partial charge in [0.15, 0.2) is 6.29 Å². The maximum atomic E-state index is 11.5. The number of amides is 1. The van der Waals surface area contributed by atoms with Crippen LogP contribution in [0.3, 0.4) is 0 Å². The monoisotopic (exact) mass is 253 g/mol. The number of carbonyl (C=O) groups excluding carboxylic acids is 2. The lowest BCUT2D eigenvalue weighted by Crippen LogP contribution is -2.35. The molecule has 18 heavy (non-hydrogen) atoms. The van der Waals surface area contributed by atoms with Crippen LogP contribution in [0.15, 0.2) is 30.3 Å². The first-order valence-corrected chi connectivity index (χ1v) is 5.28. The zero-order chi connectivity index (χ0) is 13.4. The van der Waals surface area contributed by atoms with Crippen molar-refractivity contribution in [2.45, 2.75) is 6.29 Å². The number of ether oxygens (including phenoxy) is 3. The second kappa shape index (κ2) is 7.41. The van der Waals surface area contributed by atoms with E-state index in [1.165, 1.54) is 14.2 Å². The van der Waals surface area contributed by atoms with E-state index in [-0.39, 0.29) is 6.54 Å². The molecule has 6 heteroatoms. The van der Waals surface area contributed by atoms with E-state index in [0.717, 1.165) is 0 Å². The van der Waals surface area contributed by atoms with Gasteiger partial charge in [-0.25, -0.2) is 9.59 Å². The van der Waals surface area contributed by atoms with Gasteiger partial charge in [0.05, 0.1) is 12.1 Å². The van der Waals surface area contributed by atoms with Crippen LogP contribution in [0.25, 0.3) is 0 Å². The van der Waals surface area contributed by atoms with Crippen LogP contribution in [0, 0.1) is 0 Å². The van der Waals surface area contributed by atoms with Crippen LogP contribution < -0.4 is 5.32 Å². The minimum Gasteiger partial charge on any atom is -0.373 e. The van der Waals surface area contributed by atoms with Crippen molar-refractivity contribution in [3.63, 3.8) is 0 Å². The van der Waals surface area contributed by atoms with Gasteiger partial charge in [-0.15, -0.1) is 0 Å². The molecule has 0 fully saturated rings. The fourth-order valence-corrected chi connectivity index (χ4v) is 1.18. The van der Waals surface area contributed by atoms with E-state index in [2.05, 4.69) is 10.1 Å². The third-order valence-corrected chi connectivity index (χ3v) is 2.13. The summed E-state index contributed by atoms with van der Waals surface area (Å²) in [6.45, 7) is 0.0912. The fraction of sp³-hybridized carbons (Fsp3) is 0.333. The third kappa shape index (κ3) is 4.52. The Labute approximate surface area is 105 Å². The highest BCUT2D eigenvalue weighted by Gasteiger charge is 2.13. The lowest BCUT2D eigenvalue weighted by molar-refractivity contribution is -0.0978. The highest BCUT2D eigenvalue weighted by Crippen LogP contribution is 2.01. The van der Waals surface area contributed by atoms with Crippen LogP contribution in [0.5, 0.6) is 0 Å². The number of hydrogen-bond donors (Lipinski definition) is 1. The van der Waals surface area contributed by atoms with Crippen molar-refractivity contribution in [3.05, 3.63) is 35.9 Å². The largest absolute Gasteiger partial charge is 0.415 e. The molecule has 0 atom stereocenters. The second-order valence-electron chi connectivity index (χ2n) is 3.32. The van der Waals surface area contributed by atoms with E-state index >= 15 is 0 Å². The van der Waals surface area contributed by atoms with E-state index in [0.29, 0.717) is 5.56 Å². The van der Waals surface area contributed by atoms with Gasteiger partial charge in [-0.2, -0.15) is 0 Å². The SMILES string of the molecule is COC(CNC(=O)OC(=O)c1ccccc1)OC. The van der Waals surface area contributed by atoms with Gasteiger partial charge >= 0.3 is 12.1 Å². The molecular weight excluding hydrogens is 238 g/mol. The van der Waals surface area contributed by atoms with Crippen molar-refractivity contribution < 1.29 is 23.8 Å². The standard InChI is InChI=1S/C12H15NO5/c1-16-10(17-2)8-13-12(15)18-11(14)9-6-4-3-5-7-9/h3-7,10H,8H2,1-2H3,(H,13,15). The summed E-state index contributed by atoms with van der Waals surface area (Å²) in [5.74, 6) is -0.709. The Morgan fingerprint density at radius 1 is 1.17 bits per heavy atom. The molecular formula is C12H15NO5. The summed E-state index contributed by atoms with van der Waals surface area (Å²) in [6.07, 6.45) is -1.42. The molecule has 0 saturated heterocycles. The predicted octanol–water partition coefficient (Wildman–Crippen LogP) is 1.17. The molecule has 0 spiro atoms. The fourth-order valence-electron chi connectivity index (χ4n) is 1.18. The Hall–Kier alpha value is -1.92. The number of hydrogen-bond acceptors (Lipinski definition) is 5. The normalized spacial score (nSPS) is 10.2. The topological polar surface area (TPSA) is 73.9 Å². The van der Waals surface area contributed by atoms with Crippen LogP contribution in [0.4, 0.5) is 4.79 Å². The van der Waals surface area contributed by atoms with Gasteiger partial charge in [0.1, 0.15) is 0 Å². The molecule has 0 aliphatic heterocycles. The van der Waals surface area contributed by atoms with Crippen LogP contribution in [0.1, 0.15) is 10.4 Å². The van der Waals surface area contributed by atoms with Gasteiger partial charge in [-0.3, -0.25) is 0 Å². The molecule has 0 aliphatic rings. The van der Waals surface area contributed by atoms with Crippen molar-refractivity contribution in [1.82, 2.24) is 5.32 Å². The maximum absolute atomic E-state index is 11.5. The molecule has 1 aromatic carbocycles. The van der Waals surface area contributed by atoms with Gasteiger partial charge in [-0.1, -0.05) is 18.2 Å². The van der Waals surface area contributed by atoms with E-state index in [4.69, 9.17) is 9.47 Å². The Balaban J connectivity index is 2.39. The highest BCUT2D eigenvalue weighted by atomic mass is 16.7. The van der Waals surface area contributed by atoms with Gasteiger partial charge < -0.3 is 19.5 Å². The molecule has 6 nitrogen and oxygen atoms in total. The summed E-state index contributed by atoms with van der Waals surface area (Å²) < 4.78 is 14.3. The first kappa shape index (κ1) is 14.1. The lowest BCUT2D eigenvalue weighted by atomic mass is 10.2. The van der Waals surface area contributed by atoms with E-state index in [1.54, 1.807) is 30.3 Å². The number of methoxy groups -OCH3 is 2. The minimum atomic E-state index is -0.844. The molecule has 1 rings (SSSR count). The Morgan fingerprint density at radius 3 is 2.33 bits per heavy atom. The van der Waals surface area contributed by atoms with Crippen LogP contribution >= 0.6 is 0 Å². The predicted molar refractivity (Wildman–Crippen MR) is 63.1 cm³/mol. The molecule has 1 aromatic rings. The van der Waals surface area contributed by atoms with Gasteiger partial charge in [0.25, 0.3) is 0 Å². The van der Waals surface area contributed by atoms with Crippen molar-refractivity contribution in [2.24, 2.45) is 0 Å². The zero-order valence-electron chi connectivity index (χ0n) is 10.2. The summed E-state index contributed by atoms with van der Waals surface area (Å²) in [5, 5.41) is 2.35. The molecule has 0 heterocycles. The molecule has 0 aromatic heterocycles. The quantitative estimate of drug-likeness (QED) is 0.484. The molecule has 0 unspecified atom stereocenters. The summed E-state index contributed by atoms with van der Waals surface area (Å²) in [5.41, 5.74) is 0.308. The Morgan fingerprint density at radius 2 is 1.78 bits per heavy atom. The van der Waals surface area contributed by atoms with Crippen LogP contribution in [-0.4, -0.2) is 39.1 Å². The van der Waals surface area contributed by atoms with E-state index in [1.807, 2.05) is 0 Å². The molecule has 1 amide bonds. The lowest BCUT2D eigenvalue weighted by Gasteiger charge is -2.13.